The second-order valence-corrected chi connectivity index (χ2v) is 6.27. The van der Waals surface area contributed by atoms with E-state index >= 15 is 0 Å². The first-order valence-electron chi connectivity index (χ1n) is 6.35. The predicted octanol–water partition coefficient (Wildman–Crippen LogP) is 3.43. The second kappa shape index (κ2) is 6.53. The maximum absolute atomic E-state index is 11.1. The molecule has 0 saturated heterocycles. The van der Waals surface area contributed by atoms with Gasteiger partial charge in [-0.05, 0) is 34.5 Å². The number of tetrazole rings is 1. The van der Waals surface area contributed by atoms with Gasteiger partial charge < -0.3 is 5.11 Å². The predicted molar refractivity (Wildman–Crippen MR) is 82.1 cm³/mol. The van der Waals surface area contributed by atoms with Crippen LogP contribution in [0.25, 0.3) is 11.4 Å². The van der Waals surface area contributed by atoms with Crippen LogP contribution in [0.3, 0.4) is 0 Å². The molecule has 1 aromatic carbocycles. The van der Waals surface area contributed by atoms with Crippen molar-refractivity contribution in [3.8, 4) is 11.4 Å². The van der Waals surface area contributed by atoms with Gasteiger partial charge in [-0.1, -0.05) is 41.4 Å². The number of aliphatic carboxylic acids is 1. The first kappa shape index (κ1) is 15.9. The molecule has 21 heavy (non-hydrogen) atoms. The molecule has 0 amide bonds. The molecule has 0 fully saturated rings. The standard InChI is InChI=1S/C13H14BrClN4O2/c1-7(2)11(6-12(20)21)19-13(16-17-18-19)9-5-8(15)3-4-10(9)14/h3-5,7,11H,6H2,1-2H3,(H,20,21). The molecule has 1 atom stereocenters. The third kappa shape index (κ3) is 3.59. The molecule has 0 aliphatic carbocycles. The maximum Gasteiger partial charge on any atom is 0.305 e. The molecule has 0 radical (unpaired) electrons. The topological polar surface area (TPSA) is 80.9 Å². The van der Waals surface area contributed by atoms with E-state index in [-0.39, 0.29) is 18.4 Å². The van der Waals surface area contributed by atoms with E-state index in [1.54, 1.807) is 22.9 Å². The maximum atomic E-state index is 11.1. The molecule has 1 N–H and O–H groups in total. The zero-order chi connectivity index (χ0) is 15.6. The lowest BCUT2D eigenvalue weighted by atomic mass is 10.0. The average Bonchev–Trinajstić information content (AvgIpc) is 2.87. The number of nitrogens with zero attached hydrogens (tertiary/aromatic N) is 4. The summed E-state index contributed by atoms with van der Waals surface area (Å²) in [7, 11) is 0. The van der Waals surface area contributed by atoms with E-state index in [9.17, 15) is 4.79 Å². The molecule has 1 aromatic heterocycles. The minimum atomic E-state index is -0.889. The monoisotopic (exact) mass is 372 g/mol. The zero-order valence-electron chi connectivity index (χ0n) is 11.5. The number of hydrogen-bond acceptors (Lipinski definition) is 4. The Morgan fingerprint density at radius 3 is 2.81 bits per heavy atom. The third-order valence-electron chi connectivity index (χ3n) is 3.13. The molecule has 8 heteroatoms. The summed E-state index contributed by atoms with van der Waals surface area (Å²) in [4.78, 5) is 11.1. The largest absolute Gasteiger partial charge is 0.481 e. The van der Waals surface area contributed by atoms with E-state index in [0.717, 1.165) is 10.0 Å². The fourth-order valence-electron chi connectivity index (χ4n) is 2.05. The van der Waals surface area contributed by atoms with Gasteiger partial charge in [0.25, 0.3) is 0 Å². The van der Waals surface area contributed by atoms with Crippen LogP contribution in [0.4, 0.5) is 0 Å². The first-order chi connectivity index (χ1) is 9.90. The van der Waals surface area contributed by atoms with Gasteiger partial charge in [0.15, 0.2) is 5.82 Å². The number of carbonyl (C=O) groups is 1. The van der Waals surface area contributed by atoms with E-state index in [4.69, 9.17) is 16.7 Å². The van der Waals surface area contributed by atoms with Gasteiger partial charge in [-0.25, -0.2) is 4.68 Å². The number of aromatic nitrogens is 4. The van der Waals surface area contributed by atoms with E-state index in [1.807, 2.05) is 13.8 Å². The lowest BCUT2D eigenvalue weighted by molar-refractivity contribution is -0.138. The molecule has 0 bridgehead atoms. The number of halogens is 2. The van der Waals surface area contributed by atoms with Crippen LogP contribution < -0.4 is 0 Å². The molecule has 112 valence electrons. The van der Waals surface area contributed by atoms with Gasteiger partial charge >= 0.3 is 5.97 Å². The highest BCUT2D eigenvalue weighted by atomic mass is 79.9. The average molecular weight is 374 g/mol. The molecule has 0 spiro atoms. The van der Waals surface area contributed by atoms with Crippen LogP contribution in [0, 0.1) is 5.92 Å². The van der Waals surface area contributed by atoms with Gasteiger partial charge in [0.05, 0.1) is 12.5 Å². The summed E-state index contributed by atoms with van der Waals surface area (Å²) in [5.74, 6) is -0.328. The Labute approximate surface area is 135 Å². The molecule has 0 saturated carbocycles. The number of carboxylic acid groups (broad SMARTS) is 1. The molecule has 0 aliphatic rings. The van der Waals surface area contributed by atoms with Crippen molar-refractivity contribution < 1.29 is 9.90 Å². The Hall–Kier alpha value is -1.47. The number of rotatable bonds is 5. The summed E-state index contributed by atoms with van der Waals surface area (Å²) in [6.07, 6.45) is -0.0477. The van der Waals surface area contributed by atoms with Crippen molar-refractivity contribution in [2.24, 2.45) is 5.92 Å². The smallest absolute Gasteiger partial charge is 0.305 e. The van der Waals surface area contributed by atoms with E-state index in [1.165, 1.54) is 0 Å². The van der Waals surface area contributed by atoms with Crippen LogP contribution >= 0.6 is 27.5 Å². The van der Waals surface area contributed by atoms with Crippen LogP contribution in [0.5, 0.6) is 0 Å². The molecule has 6 nitrogen and oxygen atoms in total. The van der Waals surface area contributed by atoms with Gasteiger partial charge in [0.2, 0.25) is 0 Å². The number of hydrogen-bond donors (Lipinski definition) is 1. The molecular formula is C13H14BrClN4O2. The fourth-order valence-corrected chi connectivity index (χ4v) is 2.64. The SMILES string of the molecule is CC(C)C(CC(=O)O)n1nnnc1-c1cc(Cl)ccc1Br. The highest BCUT2D eigenvalue weighted by molar-refractivity contribution is 9.10. The number of benzene rings is 1. The minimum absolute atomic E-state index is 0.0477. The number of carboxylic acids is 1. The summed E-state index contributed by atoms with van der Waals surface area (Å²) in [5.41, 5.74) is 0.725. The Bertz CT molecular complexity index is 659. The summed E-state index contributed by atoms with van der Waals surface area (Å²) >= 11 is 9.46. The van der Waals surface area contributed by atoms with Crippen molar-refractivity contribution in [2.45, 2.75) is 26.3 Å². The fraction of sp³-hybridized carbons (Fsp3) is 0.385. The summed E-state index contributed by atoms with van der Waals surface area (Å²) in [6.45, 7) is 3.87. The molecule has 1 heterocycles. The van der Waals surface area contributed by atoms with Gasteiger partial charge in [-0.2, -0.15) is 0 Å². The van der Waals surface area contributed by atoms with E-state index in [0.29, 0.717) is 10.8 Å². The van der Waals surface area contributed by atoms with Crippen LogP contribution in [0.1, 0.15) is 26.3 Å². The van der Waals surface area contributed by atoms with Crippen LogP contribution in [0.2, 0.25) is 5.02 Å². The summed E-state index contributed by atoms with van der Waals surface area (Å²) in [5, 5.41) is 21.3. The summed E-state index contributed by atoms with van der Waals surface area (Å²) in [6, 6.07) is 4.96. The Morgan fingerprint density at radius 1 is 1.48 bits per heavy atom. The minimum Gasteiger partial charge on any atom is -0.481 e. The lowest BCUT2D eigenvalue weighted by Crippen LogP contribution is -2.21. The van der Waals surface area contributed by atoms with Crippen molar-refractivity contribution in [3.05, 3.63) is 27.7 Å². The lowest BCUT2D eigenvalue weighted by Gasteiger charge is -2.20. The quantitative estimate of drug-likeness (QED) is 0.868. The highest BCUT2D eigenvalue weighted by Crippen LogP contribution is 2.32. The van der Waals surface area contributed by atoms with Crippen LogP contribution in [-0.4, -0.2) is 31.3 Å². The van der Waals surface area contributed by atoms with Gasteiger partial charge in [0.1, 0.15) is 0 Å². The zero-order valence-corrected chi connectivity index (χ0v) is 13.8. The van der Waals surface area contributed by atoms with Crippen molar-refractivity contribution in [2.75, 3.05) is 0 Å². The summed E-state index contributed by atoms with van der Waals surface area (Å²) < 4.78 is 2.34. The highest BCUT2D eigenvalue weighted by Gasteiger charge is 2.25. The van der Waals surface area contributed by atoms with Gasteiger partial charge in [-0.3, -0.25) is 4.79 Å². The second-order valence-electron chi connectivity index (χ2n) is 4.98. The van der Waals surface area contributed by atoms with Gasteiger partial charge in [0, 0.05) is 15.1 Å². The van der Waals surface area contributed by atoms with Gasteiger partial charge in [-0.15, -0.1) is 5.10 Å². The first-order valence-corrected chi connectivity index (χ1v) is 7.52. The Morgan fingerprint density at radius 2 is 2.19 bits per heavy atom. The van der Waals surface area contributed by atoms with Crippen LogP contribution in [0.15, 0.2) is 22.7 Å². The Balaban J connectivity index is 2.50. The molecule has 2 rings (SSSR count). The van der Waals surface area contributed by atoms with E-state index < -0.39 is 5.97 Å². The molecule has 0 aliphatic heterocycles. The van der Waals surface area contributed by atoms with Crippen molar-refractivity contribution in [3.63, 3.8) is 0 Å². The van der Waals surface area contributed by atoms with Crippen molar-refractivity contribution in [1.29, 1.82) is 0 Å². The van der Waals surface area contributed by atoms with Crippen molar-refractivity contribution in [1.82, 2.24) is 20.2 Å². The Kier molecular flexibility index (Phi) is 4.95. The third-order valence-corrected chi connectivity index (χ3v) is 4.06. The van der Waals surface area contributed by atoms with Crippen molar-refractivity contribution >= 4 is 33.5 Å². The molecular weight excluding hydrogens is 360 g/mol. The van der Waals surface area contributed by atoms with E-state index in [2.05, 4.69) is 31.5 Å². The normalized spacial score (nSPS) is 12.6. The molecule has 1 unspecified atom stereocenters. The molecule has 2 aromatic rings. The van der Waals surface area contributed by atoms with Crippen LogP contribution in [-0.2, 0) is 4.79 Å².